The molecule has 0 bridgehead atoms. The smallest absolute Gasteiger partial charge is 0.329 e. The van der Waals surface area contributed by atoms with Crippen molar-refractivity contribution < 1.29 is 14.7 Å². The van der Waals surface area contributed by atoms with Crippen molar-refractivity contribution in [2.24, 2.45) is 5.92 Å². The van der Waals surface area contributed by atoms with E-state index in [1.54, 1.807) is 11.8 Å². The fourth-order valence-corrected chi connectivity index (χ4v) is 2.04. The quantitative estimate of drug-likeness (QED) is 0.732. The molecule has 1 aliphatic rings. The highest BCUT2D eigenvalue weighted by atomic mass is 16.4. The number of hydrogen-bond acceptors (Lipinski definition) is 2. The summed E-state index contributed by atoms with van der Waals surface area (Å²) in [6, 6.07) is -0.261. The third-order valence-corrected chi connectivity index (χ3v) is 3.66. The molecule has 5 heteroatoms. The molecule has 2 N–H and O–H groups in total. The molecule has 1 aliphatic carbocycles. The van der Waals surface area contributed by atoms with Crippen molar-refractivity contribution in [3.8, 4) is 0 Å². The summed E-state index contributed by atoms with van der Waals surface area (Å²) in [6.07, 6.45) is 3.71. The van der Waals surface area contributed by atoms with Gasteiger partial charge in [0, 0.05) is 13.1 Å². The maximum atomic E-state index is 12.1. The summed E-state index contributed by atoms with van der Waals surface area (Å²) >= 11 is 0. The molecule has 1 rings (SSSR count). The van der Waals surface area contributed by atoms with E-state index in [2.05, 4.69) is 12.2 Å². The first kappa shape index (κ1) is 14.8. The molecule has 0 aromatic carbocycles. The fraction of sp³-hybridized carbons (Fsp3) is 0.846. The lowest BCUT2D eigenvalue weighted by molar-refractivity contribution is -0.144. The molecule has 0 aromatic heterocycles. The van der Waals surface area contributed by atoms with E-state index in [9.17, 15) is 14.7 Å². The lowest BCUT2D eigenvalue weighted by Gasteiger charge is -2.30. The van der Waals surface area contributed by atoms with Gasteiger partial charge in [-0.25, -0.2) is 9.59 Å². The first-order valence-corrected chi connectivity index (χ1v) is 6.76. The molecule has 0 saturated heterocycles. The van der Waals surface area contributed by atoms with Gasteiger partial charge in [-0.2, -0.15) is 0 Å². The molecule has 18 heavy (non-hydrogen) atoms. The average Bonchev–Trinajstić information content (AvgIpc) is 3.13. The molecular formula is C13H24N2O3. The minimum atomic E-state index is -1.11. The third-order valence-electron chi connectivity index (χ3n) is 3.66. The Labute approximate surface area is 109 Å². The summed E-state index contributed by atoms with van der Waals surface area (Å²) in [5.74, 6) is -0.867. The van der Waals surface area contributed by atoms with E-state index in [0.29, 0.717) is 13.1 Å². The number of hydrogen-bond donors (Lipinski definition) is 2. The van der Waals surface area contributed by atoms with Crippen LogP contribution in [0.5, 0.6) is 0 Å². The lowest BCUT2D eigenvalue weighted by atomic mass is 9.96. The highest BCUT2D eigenvalue weighted by Crippen LogP contribution is 2.39. The second-order valence-corrected chi connectivity index (χ2v) is 5.15. The van der Waals surface area contributed by atoms with Crippen LogP contribution < -0.4 is 5.32 Å². The van der Waals surface area contributed by atoms with Crippen LogP contribution in [-0.4, -0.2) is 40.6 Å². The van der Waals surface area contributed by atoms with Gasteiger partial charge in [-0.05, 0) is 39.0 Å². The standard InChI is InChI=1S/C13H24N2O3/c1-4-6-9-15(5-2)12(18)14-13(3,11(16)17)10-7-8-10/h10H,4-9H2,1-3H3,(H,14,18)(H,16,17). The van der Waals surface area contributed by atoms with E-state index in [4.69, 9.17) is 0 Å². The lowest BCUT2D eigenvalue weighted by Crippen LogP contribution is -2.57. The molecule has 0 radical (unpaired) electrons. The second-order valence-electron chi connectivity index (χ2n) is 5.15. The summed E-state index contributed by atoms with van der Waals surface area (Å²) in [7, 11) is 0. The number of carbonyl (C=O) groups is 2. The molecule has 0 aromatic rings. The minimum absolute atomic E-state index is 0.0730. The number of aliphatic carboxylic acids is 1. The van der Waals surface area contributed by atoms with Crippen LogP contribution in [-0.2, 0) is 4.79 Å². The van der Waals surface area contributed by atoms with Gasteiger partial charge in [0.2, 0.25) is 0 Å². The van der Waals surface area contributed by atoms with Gasteiger partial charge in [-0.15, -0.1) is 0 Å². The highest BCUT2D eigenvalue weighted by Gasteiger charge is 2.49. The summed E-state index contributed by atoms with van der Waals surface area (Å²) in [5, 5.41) is 12.0. The van der Waals surface area contributed by atoms with Crippen molar-refractivity contribution in [2.45, 2.75) is 52.0 Å². The summed E-state index contributed by atoms with van der Waals surface area (Å²) in [6.45, 7) is 6.87. The van der Waals surface area contributed by atoms with Crippen LogP contribution in [0, 0.1) is 5.92 Å². The predicted molar refractivity (Wildman–Crippen MR) is 69.5 cm³/mol. The monoisotopic (exact) mass is 256 g/mol. The highest BCUT2D eigenvalue weighted by molar-refractivity contribution is 5.86. The fourth-order valence-electron chi connectivity index (χ4n) is 2.04. The van der Waals surface area contributed by atoms with E-state index in [1.807, 2.05) is 6.92 Å². The molecule has 104 valence electrons. The van der Waals surface area contributed by atoms with Crippen molar-refractivity contribution in [1.82, 2.24) is 10.2 Å². The largest absolute Gasteiger partial charge is 0.480 e. The van der Waals surface area contributed by atoms with Gasteiger partial charge < -0.3 is 15.3 Å². The zero-order valence-corrected chi connectivity index (χ0v) is 11.5. The number of carboxylic acid groups (broad SMARTS) is 1. The van der Waals surface area contributed by atoms with Crippen LogP contribution in [0.25, 0.3) is 0 Å². The van der Waals surface area contributed by atoms with Crippen molar-refractivity contribution in [1.29, 1.82) is 0 Å². The van der Waals surface area contributed by atoms with Crippen molar-refractivity contribution in [2.75, 3.05) is 13.1 Å². The van der Waals surface area contributed by atoms with Gasteiger partial charge in [0.05, 0.1) is 0 Å². The average molecular weight is 256 g/mol. The number of rotatable bonds is 7. The zero-order chi connectivity index (χ0) is 13.8. The molecule has 0 spiro atoms. The topological polar surface area (TPSA) is 69.6 Å². The minimum Gasteiger partial charge on any atom is -0.480 e. The number of carbonyl (C=O) groups excluding carboxylic acids is 1. The van der Waals surface area contributed by atoms with E-state index in [-0.39, 0.29) is 11.9 Å². The van der Waals surface area contributed by atoms with E-state index >= 15 is 0 Å². The number of nitrogens with one attached hydrogen (secondary N) is 1. The SMILES string of the molecule is CCCCN(CC)C(=O)NC(C)(C(=O)O)C1CC1. The van der Waals surface area contributed by atoms with E-state index in [0.717, 1.165) is 25.7 Å². The van der Waals surface area contributed by atoms with Crippen LogP contribution in [0.15, 0.2) is 0 Å². The normalized spacial score (nSPS) is 17.9. The van der Waals surface area contributed by atoms with Gasteiger partial charge in [0.25, 0.3) is 0 Å². The molecule has 1 unspecified atom stereocenters. The first-order chi connectivity index (χ1) is 8.45. The summed E-state index contributed by atoms with van der Waals surface area (Å²) in [4.78, 5) is 25.1. The van der Waals surface area contributed by atoms with Crippen molar-refractivity contribution in [3.05, 3.63) is 0 Å². The van der Waals surface area contributed by atoms with E-state index in [1.165, 1.54) is 0 Å². The van der Waals surface area contributed by atoms with Crippen LogP contribution in [0.1, 0.15) is 46.5 Å². The van der Waals surface area contributed by atoms with Gasteiger partial charge in [0.15, 0.2) is 0 Å². The zero-order valence-electron chi connectivity index (χ0n) is 11.5. The van der Waals surface area contributed by atoms with Gasteiger partial charge in [0.1, 0.15) is 5.54 Å². The van der Waals surface area contributed by atoms with Crippen molar-refractivity contribution in [3.63, 3.8) is 0 Å². The number of urea groups is 1. The molecule has 1 atom stereocenters. The van der Waals surface area contributed by atoms with Crippen LogP contribution in [0.2, 0.25) is 0 Å². The molecule has 2 amide bonds. The summed E-state index contributed by atoms with van der Waals surface area (Å²) < 4.78 is 0. The Kier molecular flexibility index (Phi) is 4.99. The van der Waals surface area contributed by atoms with Gasteiger partial charge in [-0.1, -0.05) is 13.3 Å². The van der Waals surface area contributed by atoms with Crippen LogP contribution in [0.3, 0.4) is 0 Å². The molecule has 1 fully saturated rings. The van der Waals surface area contributed by atoms with Crippen molar-refractivity contribution >= 4 is 12.0 Å². The molecular weight excluding hydrogens is 232 g/mol. The third kappa shape index (κ3) is 3.37. The Balaban J connectivity index is 2.62. The molecule has 1 saturated carbocycles. The van der Waals surface area contributed by atoms with Gasteiger partial charge in [-0.3, -0.25) is 0 Å². The summed E-state index contributed by atoms with van der Waals surface area (Å²) in [5.41, 5.74) is -1.11. The maximum Gasteiger partial charge on any atom is 0.329 e. The van der Waals surface area contributed by atoms with Crippen LogP contribution in [0.4, 0.5) is 4.79 Å². The number of unbranched alkanes of at least 4 members (excludes halogenated alkanes) is 1. The predicted octanol–water partition coefficient (Wildman–Crippen LogP) is 2.07. The molecule has 5 nitrogen and oxygen atoms in total. The Morgan fingerprint density at radius 3 is 2.39 bits per heavy atom. The Hall–Kier alpha value is -1.26. The Morgan fingerprint density at radius 1 is 1.39 bits per heavy atom. The Bertz CT molecular complexity index is 315. The first-order valence-electron chi connectivity index (χ1n) is 6.76. The van der Waals surface area contributed by atoms with E-state index < -0.39 is 11.5 Å². The molecule has 0 aliphatic heterocycles. The van der Waals surface area contributed by atoms with Gasteiger partial charge >= 0.3 is 12.0 Å². The van der Waals surface area contributed by atoms with Crippen LogP contribution >= 0.6 is 0 Å². The number of carboxylic acids is 1. The second kappa shape index (κ2) is 6.07. The number of amides is 2. The Morgan fingerprint density at radius 2 is 2.00 bits per heavy atom. The number of nitrogens with zero attached hydrogens (tertiary/aromatic N) is 1. The maximum absolute atomic E-state index is 12.1. The molecule has 0 heterocycles.